The van der Waals surface area contributed by atoms with Gasteiger partial charge in [0.05, 0.1) is 0 Å². The minimum absolute atomic E-state index is 0.0150. The standard InChI is InChI=1S/C6H13N2O/c1-2-5-8-6(9)3-4-7/h1-5,7H2,(H,8,9). The number of rotatable bonds is 4. The SMILES string of the molecule is [CH2]CCNC(=O)CCN. The summed E-state index contributed by atoms with van der Waals surface area (Å²) in [6.45, 7) is 4.64. The number of hydrogen-bond donors (Lipinski definition) is 2. The summed E-state index contributed by atoms with van der Waals surface area (Å²) in [4.78, 5) is 10.6. The van der Waals surface area contributed by atoms with Crippen LogP contribution in [-0.4, -0.2) is 19.0 Å². The summed E-state index contributed by atoms with van der Waals surface area (Å²) >= 11 is 0. The van der Waals surface area contributed by atoms with Crippen LogP contribution in [0.1, 0.15) is 12.8 Å². The summed E-state index contributed by atoms with van der Waals surface area (Å²) in [5.41, 5.74) is 5.12. The Morgan fingerprint density at radius 1 is 1.67 bits per heavy atom. The normalized spacial score (nSPS) is 9.11. The Balaban J connectivity index is 3.06. The van der Waals surface area contributed by atoms with Crippen molar-refractivity contribution in [3.63, 3.8) is 0 Å². The first-order valence-corrected chi connectivity index (χ1v) is 3.07. The largest absolute Gasteiger partial charge is 0.356 e. The van der Waals surface area contributed by atoms with Crippen LogP contribution in [0.15, 0.2) is 0 Å². The first-order chi connectivity index (χ1) is 4.31. The van der Waals surface area contributed by atoms with Crippen molar-refractivity contribution in [3.8, 4) is 0 Å². The fourth-order valence-electron chi connectivity index (χ4n) is 0.447. The summed E-state index contributed by atoms with van der Waals surface area (Å²) in [5, 5.41) is 2.65. The maximum absolute atomic E-state index is 10.6. The van der Waals surface area contributed by atoms with Gasteiger partial charge in [0.25, 0.3) is 0 Å². The molecule has 9 heavy (non-hydrogen) atoms. The van der Waals surface area contributed by atoms with Crippen LogP contribution in [0.25, 0.3) is 0 Å². The summed E-state index contributed by atoms with van der Waals surface area (Å²) in [5.74, 6) is 0.0150. The van der Waals surface area contributed by atoms with Crippen LogP contribution < -0.4 is 11.1 Å². The van der Waals surface area contributed by atoms with Crippen LogP contribution in [0.5, 0.6) is 0 Å². The number of hydrogen-bond acceptors (Lipinski definition) is 2. The van der Waals surface area contributed by atoms with Crippen LogP contribution in [-0.2, 0) is 4.79 Å². The fraction of sp³-hybridized carbons (Fsp3) is 0.667. The highest BCUT2D eigenvalue weighted by atomic mass is 16.1. The highest BCUT2D eigenvalue weighted by molar-refractivity contribution is 5.75. The lowest BCUT2D eigenvalue weighted by atomic mass is 10.4. The summed E-state index contributed by atoms with van der Waals surface area (Å²) in [6.07, 6.45) is 1.15. The van der Waals surface area contributed by atoms with E-state index in [-0.39, 0.29) is 5.91 Å². The van der Waals surface area contributed by atoms with Gasteiger partial charge in [0.2, 0.25) is 5.91 Å². The Hall–Kier alpha value is -0.570. The zero-order chi connectivity index (χ0) is 7.11. The Kier molecular flexibility index (Phi) is 5.21. The monoisotopic (exact) mass is 129 g/mol. The molecule has 0 aromatic rings. The molecule has 0 aliphatic heterocycles. The first kappa shape index (κ1) is 8.43. The van der Waals surface area contributed by atoms with Crippen LogP contribution in [0.2, 0.25) is 0 Å². The van der Waals surface area contributed by atoms with Crippen molar-refractivity contribution < 1.29 is 4.79 Å². The topological polar surface area (TPSA) is 55.1 Å². The molecule has 53 valence electrons. The molecule has 0 unspecified atom stereocenters. The third-order valence-electron chi connectivity index (χ3n) is 0.870. The van der Waals surface area contributed by atoms with Gasteiger partial charge in [-0.05, 0) is 6.42 Å². The molecule has 0 aromatic carbocycles. The zero-order valence-electron chi connectivity index (χ0n) is 5.52. The number of carbonyl (C=O) groups is 1. The molecule has 0 aliphatic carbocycles. The lowest BCUT2D eigenvalue weighted by Crippen LogP contribution is -2.25. The van der Waals surface area contributed by atoms with Crippen molar-refractivity contribution >= 4 is 5.91 Å². The Bertz CT molecular complexity index is 83.1. The quantitative estimate of drug-likeness (QED) is 0.546. The number of nitrogens with one attached hydrogen (secondary N) is 1. The van der Waals surface area contributed by atoms with Crippen LogP contribution in [0.4, 0.5) is 0 Å². The molecular formula is C6H13N2O. The second-order valence-corrected chi connectivity index (χ2v) is 1.74. The molecule has 0 atom stereocenters. The highest BCUT2D eigenvalue weighted by Gasteiger charge is 1.94. The van der Waals surface area contributed by atoms with Gasteiger partial charge in [0.15, 0.2) is 0 Å². The van der Waals surface area contributed by atoms with Gasteiger partial charge >= 0.3 is 0 Å². The van der Waals surface area contributed by atoms with Crippen molar-refractivity contribution in [1.82, 2.24) is 5.32 Å². The highest BCUT2D eigenvalue weighted by Crippen LogP contribution is 1.75. The maximum Gasteiger partial charge on any atom is 0.221 e. The van der Waals surface area contributed by atoms with Gasteiger partial charge in [0, 0.05) is 19.5 Å². The maximum atomic E-state index is 10.6. The molecule has 0 fully saturated rings. The summed E-state index contributed by atoms with van der Waals surface area (Å²) in [6, 6.07) is 0. The number of amides is 1. The van der Waals surface area contributed by atoms with E-state index in [0.29, 0.717) is 19.5 Å². The van der Waals surface area contributed by atoms with Gasteiger partial charge in [-0.1, -0.05) is 6.92 Å². The van der Waals surface area contributed by atoms with E-state index in [0.717, 1.165) is 6.42 Å². The average molecular weight is 129 g/mol. The minimum Gasteiger partial charge on any atom is -0.356 e. The summed E-state index contributed by atoms with van der Waals surface area (Å²) in [7, 11) is 0. The van der Waals surface area contributed by atoms with Crippen LogP contribution in [0, 0.1) is 6.92 Å². The first-order valence-electron chi connectivity index (χ1n) is 3.07. The van der Waals surface area contributed by atoms with E-state index < -0.39 is 0 Å². The van der Waals surface area contributed by atoms with Gasteiger partial charge in [-0.15, -0.1) is 0 Å². The molecule has 0 heterocycles. The molecule has 0 saturated heterocycles. The predicted octanol–water partition coefficient (Wildman–Crippen LogP) is -0.324. The second kappa shape index (κ2) is 5.56. The predicted molar refractivity (Wildman–Crippen MR) is 36.7 cm³/mol. The molecular weight excluding hydrogens is 116 g/mol. The fourth-order valence-corrected chi connectivity index (χ4v) is 0.447. The van der Waals surface area contributed by atoms with Crippen LogP contribution >= 0.6 is 0 Å². The number of nitrogens with two attached hydrogens (primary N) is 1. The third-order valence-corrected chi connectivity index (χ3v) is 0.870. The van der Waals surface area contributed by atoms with Gasteiger partial charge < -0.3 is 11.1 Å². The van der Waals surface area contributed by atoms with Crippen LogP contribution in [0.3, 0.4) is 0 Å². The zero-order valence-corrected chi connectivity index (χ0v) is 5.52. The van der Waals surface area contributed by atoms with Gasteiger partial charge in [0.1, 0.15) is 0 Å². The summed E-state index contributed by atoms with van der Waals surface area (Å²) < 4.78 is 0. The molecule has 3 heteroatoms. The molecule has 0 saturated carbocycles. The van der Waals surface area contributed by atoms with Crippen molar-refractivity contribution in [2.45, 2.75) is 12.8 Å². The van der Waals surface area contributed by atoms with E-state index in [1.807, 2.05) is 0 Å². The van der Waals surface area contributed by atoms with E-state index in [9.17, 15) is 4.79 Å². The molecule has 0 aliphatic rings. The second-order valence-electron chi connectivity index (χ2n) is 1.74. The van der Waals surface area contributed by atoms with Crippen molar-refractivity contribution in [2.24, 2.45) is 5.73 Å². The van der Waals surface area contributed by atoms with Gasteiger partial charge in [-0.2, -0.15) is 0 Å². The molecule has 1 radical (unpaired) electrons. The average Bonchev–Trinajstić information content (AvgIpc) is 1.85. The molecule has 3 nitrogen and oxygen atoms in total. The lowest BCUT2D eigenvalue weighted by Gasteiger charge is -1.99. The van der Waals surface area contributed by atoms with E-state index in [1.165, 1.54) is 0 Å². The molecule has 3 N–H and O–H groups in total. The molecule has 0 aromatic heterocycles. The number of carbonyl (C=O) groups excluding carboxylic acids is 1. The van der Waals surface area contributed by atoms with Gasteiger partial charge in [-0.25, -0.2) is 0 Å². The van der Waals surface area contributed by atoms with E-state index in [1.54, 1.807) is 0 Å². The third kappa shape index (κ3) is 5.30. The minimum atomic E-state index is 0.0150. The Morgan fingerprint density at radius 2 is 2.33 bits per heavy atom. The van der Waals surface area contributed by atoms with E-state index in [2.05, 4.69) is 12.2 Å². The molecule has 1 amide bonds. The van der Waals surface area contributed by atoms with Crippen molar-refractivity contribution in [2.75, 3.05) is 13.1 Å². The smallest absolute Gasteiger partial charge is 0.221 e. The van der Waals surface area contributed by atoms with Crippen molar-refractivity contribution in [3.05, 3.63) is 6.92 Å². The van der Waals surface area contributed by atoms with Crippen molar-refractivity contribution in [1.29, 1.82) is 0 Å². The molecule has 0 spiro atoms. The Morgan fingerprint density at radius 3 is 2.78 bits per heavy atom. The molecule has 0 rings (SSSR count). The van der Waals surface area contributed by atoms with Gasteiger partial charge in [-0.3, -0.25) is 4.79 Å². The lowest BCUT2D eigenvalue weighted by molar-refractivity contribution is -0.120. The Labute approximate surface area is 55.6 Å². The van der Waals surface area contributed by atoms with E-state index >= 15 is 0 Å². The molecule has 0 bridgehead atoms. The van der Waals surface area contributed by atoms with E-state index in [4.69, 9.17) is 5.73 Å².